The van der Waals surface area contributed by atoms with Gasteiger partial charge in [-0.2, -0.15) is 0 Å². The van der Waals surface area contributed by atoms with Crippen LogP contribution in [0.15, 0.2) is 30.3 Å². The van der Waals surface area contributed by atoms with Crippen molar-refractivity contribution in [3.05, 3.63) is 35.9 Å². The summed E-state index contributed by atoms with van der Waals surface area (Å²) in [5, 5.41) is 0. The van der Waals surface area contributed by atoms with Crippen molar-refractivity contribution in [3.63, 3.8) is 0 Å². The van der Waals surface area contributed by atoms with Gasteiger partial charge in [-0.25, -0.2) is 0 Å². The third-order valence-electron chi connectivity index (χ3n) is 3.52. The molecule has 1 aromatic carbocycles. The molecule has 17 heavy (non-hydrogen) atoms. The van der Waals surface area contributed by atoms with Crippen LogP contribution in [-0.2, 0) is 0 Å². The Labute approximate surface area is 104 Å². The number of likely N-dealkylation sites (N-methyl/N-ethyl adjacent to an activating group) is 1. The SMILES string of the molecule is CCC(C(=O)c1ccccc1)N(C)CC1CC1. The van der Waals surface area contributed by atoms with E-state index in [9.17, 15) is 4.79 Å². The summed E-state index contributed by atoms with van der Waals surface area (Å²) in [5.41, 5.74) is 0.835. The number of carbonyl (C=O) groups excluding carboxylic acids is 1. The number of rotatable bonds is 6. The van der Waals surface area contributed by atoms with Crippen molar-refractivity contribution in [3.8, 4) is 0 Å². The molecule has 1 aromatic rings. The number of nitrogens with zero attached hydrogens (tertiary/aromatic N) is 1. The van der Waals surface area contributed by atoms with Crippen LogP contribution in [0, 0.1) is 5.92 Å². The molecule has 1 atom stereocenters. The van der Waals surface area contributed by atoms with Crippen LogP contribution in [0.3, 0.4) is 0 Å². The second-order valence-corrected chi connectivity index (χ2v) is 5.04. The lowest BCUT2D eigenvalue weighted by molar-refractivity contribution is 0.0841. The minimum atomic E-state index is 0.0398. The van der Waals surface area contributed by atoms with E-state index in [0.717, 1.165) is 24.4 Å². The van der Waals surface area contributed by atoms with Gasteiger partial charge in [0.2, 0.25) is 0 Å². The Morgan fingerprint density at radius 3 is 2.53 bits per heavy atom. The lowest BCUT2D eigenvalue weighted by Crippen LogP contribution is -2.39. The van der Waals surface area contributed by atoms with Crippen LogP contribution in [0.5, 0.6) is 0 Å². The third-order valence-corrected chi connectivity index (χ3v) is 3.52. The van der Waals surface area contributed by atoms with Gasteiger partial charge >= 0.3 is 0 Å². The second kappa shape index (κ2) is 5.46. The van der Waals surface area contributed by atoms with E-state index < -0.39 is 0 Å². The van der Waals surface area contributed by atoms with Crippen molar-refractivity contribution in [1.82, 2.24) is 4.90 Å². The van der Waals surface area contributed by atoms with E-state index in [2.05, 4.69) is 18.9 Å². The average molecular weight is 231 g/mol. The maximum absolute atomic E-state index is 12.4. The summed E-state index contributed by atoms with van der Waals surface area (Å²) < 4.78 is 0. The van der Waals surface area contributed by atoms with Gasteiger partial charge in [-0.05, 0) is 32.2 Å². The minimum Gasteiger partial charge on any atom is -0.296 e. The Morgan fingerprint density at radius 2 is 2.00 bits per heavy atom. The van der Waals surface area contributed by atoms with E-state index in [1.807, 2.05) is 30.3 Å². The van der Waals surface area contributed by atoms with E-state index in [0.29, 0.717) is 0 Å². The molecule has 0 radical (unpaired) electrons. The molecule has 92 valence electrons. The number of benzene rings is 1. The highest BCUT2D eigenvalue weighted by molar-refractivity contribution is 6.00. The highest BCUT2D eigenvalue weighted by Crippen LogP contribution is 2.30. The van der Waals surface area contributed by atoms with Crippen molar-refractivity contribution in [2.75, 3.05) is 13.6 Å². The maximum Gasteiger partial charge on any atom is 0.179 e. The van der Waals surface area contributed by atoms with Crippen LogP contribution < -0.4 is 0 Å². The van der Waals surface area contributed by atoms with Gasteiger partial charge in [0.25, 0.3) is 0 Å². The zero-order valence-corrected chi connectivity index (χ0v) is 10.7. The summed E-state index contributed by atoms with van der Waals surface area (Å²) in [5.74, 6) is 1.09. The smallest absolute Gasteiger partial charge is 0.179 e. The first-order valence-electron chi connectivity index (χ1n) is 6.52. The first-order chi connectivity index (χ1) is 8.22. The molecule has 2 rings (SSSR count). The molecular weight excluding hydrogens is 210 g/mol. The molecule has 1 fully saturated rings. The molecule has 1 unspecified atom stereocenters. The number of Topliss-reactive ketones (excluding diaryl/α,β-unsaturated/α-hetero) is 1. The molecule has 1 saturated carbocycles. The van der Waals surface area contributed by atoms with E-state index in [-0.39, 0.29) is 11.8 Å². The Hall–Kier alpha value is -1.15. The molecule has 0 N–H and O–H groups in total. The Balaban J connectivity index is 2.03. The standard InChI is InChI=1S/C15H21NO/c1-3-14(16(2)11-12-9-10-12)15(17)13-7-5-4-6-8-13/h4-8,12,14H,3,9-11H2,1-2H3. The van der Waals surface area contributed by atoms with E-state index in [4.69, 9.17) is 0 Å². The molecule has 0 bridgehead atoms. The van der Waals surface area contributed by atoms with Crippen LogP contribution in [0.2, 0.25) is 0 Å². The van der Waals surface area contributed by atoms with Crippen LogP contribution in [0.4, 0.5) is 0 Å². The zero-order chi connectivity index (χ0) is 12.3. The number of ketones is 1. The van der Waals surface area contributed by atoms with Crippen LogP contribution >= 0.6 is 0 Å². The molecule has 0 heterocycles. The molecule has 0 aromatic heterocycles. The van der Waals surface area contributed by atoms with Gasteiger partial charge in [0.05, 0.1) is 6.04 Å². The monoisotopic (exact) mass is 231 g/mol. The molecule has 0 aliphatic heterocycles. The van der Waals surface area contributed by atoms with Crippen LogP contribution in [0.1, 0.15) is 36.5 Å². The van der Waals surface area contributed by atoms with Gasteiger partial charge in [-0.3, -0.25) is 9.69 Å². The van der Waals surface area contributed by atoms with Gasteiger partial charge in [0.15, 0.2) is 5.78 Å². The summed E-state index contributed by atoms with van der Waals surface area (Å²) in [6.45, 7) is 3.16. The normalized spacial score (nSPS) is 17.1. The van der Waals surface area contributed by atoms with Crippen molar-refractivity contribution < 1.29 is 4.79 Å². The van der Waals surface area contributed by atoms with Gasteiger partial charge < -0.3 is 0 Å². The third kappa shape index (κ3) is 3.16. The summed E-state index contributed by atoms with van der Waals surface area (Å²) >= 11 is 0. The van der Waals surface area contributed by atoms with Gasteiger partial charge in [0.1, 0.15) is 0 Å². The van der Waals surface area contributed by atoms with E-state index in [1.54, 1.807) is 0 Å². The van der Waals surface area contributed by atoms with Crippen LogP contribution in [-0.4, -0.2) is 30.3 Å². The van der Waals surface area contributed by atoms with Gasteiger partial charge in [0, 0.05) is 12.1 Å². The Bertz CT molecular complexity index is 370. The van der Waals surface area contributed by atoms with Crippen molar-refractivity contribution in [2.24, 2.45) is 5.92 Å². The summed E-state index contributed by atoms with van der Waals surface area (Å²) in [7, 11) is 2.08. The van der Waals surface area contributed by atoms with Crippen molar-refractivity contribution in [1.29, 1.82) is 0 Å². The fourth-order valence-electron chi connectivity index (χ4n) is 2.33. The average Bonchev–Trinajstić information content (AvgIpc) is 3.15. The molecule has 0 amide bonds. The summed E-state index contributed by atoms with van der Waals surface area (Å²) in [6, 6.07) is 9.68. The summed E-state index contributed by atoms with van der Waals surface area (Å²) in [6.07, 6.45) is 3.55. The minimum absolute atomic E-state index is 0.0398. The quantitative estimate of drug-likeness (QED) is 0.701. The molecule has 2 heteroatoms. The number of hydrogen-bond donors (Lipinski definition) is 0. The van der Waals surface area contributed by atoms with Crippen molar-refractivity contribution >= 4 is 5.78 Å². The topological polar surface area (TPSA) is 20.3 Å². The largest absolute Gasteiger partial charge is 0.296 e. The molecule has 0 saturated heterocycles. The first kappa shape index (κ1) is 12.3. The fraction of sp³-hybridized carbons (Fsp3) is 0.533. The lowest BCUT2D eigenvalue weighted by Gasteiger charge is -2.25. The molecule has 2 nitrogen and oxygen atoms in total. The highest BCUT2D eigenvalue weighted by Gasteiger charge is 2.28. The Kier molecular flexibility index (Phi) is 3.95. The Morgan fingerprint density at radius 1 is 1.35 bits per heavy atom. The number of carbonyl (C=O) groups is 1. The predicted octanol–water partition coefficient (Wildman–Crippen LogP) is 2.99. The zero-order valence-electron chi connectivity index (χ0n) is 10.7. The van der Waals surface area contributed by atoms with E-state index >= 15 is 0 Å². The predicted molar refractivity (Wildman–Crippen MR) is 70.2 cm³/mol. The summed E-state index contributed by atoms with van der Waals surface area (Å²) in [4.78, 5) is 14.6. The highest BCUT2D eigenvalue weighted by atomic mass is 16.1. The molecule has 1 aliphatic carbocycles. The molecule has 0 spiro atoms. The lowest BCUT2D eigenvalue weighted by atomic mass is 10.0. The second-order valence-electron chi connectivity index (χ2n) is 5.04. The van der Waals surface area contributed by atoms with Gasteiger partial charge in [-0.15, -0.1) is 0 Å². The van der Waals surface area contributed by atoms with Crippen molar-refractivity contribution in [2.45, 2.75) is 32.2 Å². The fourth-order valence-corrected chi connectivity index (χ4v) is 2.33. The maximum atomic E-state index is 12.4. The molecular formula is C15H21NO. The number of hydrogen-bond acceptors (Lipinski definition) is 2. The molecule has 1 aliphatic rings. The van der Waals surface area contributed by atoms with Crippen LogP contribution in [0.25, 0.3) is 0 Å². The van der Waals surface area contributed by atoms with E-state index in [1.165, 1.54) is 12.8 Å². The first-order valence-corrected chi connectivity index (χ1v) is 6.52. The van der Waals surface area contributed by atoms with Gasteiger partial charge in [-0.1, -0.05) is 37.3 Å².